The van der Waals surface area contributed by atoms with Crippen LogP contribution in [0.25, 0.3) is 0 Å². The van der Waals surface area contributed by atoms with Crippen LogP contribution < -0.4 is 27.1 Å². The summed E-state index contributed by atoms with van der Waals surface area (Å²) in [4.78, 5) is 13.3. The number of piperidine rings is 3. The molecule has 9 aromatic rings. The molecule has 6 aromatic carbocycles. The number of halogens is 3. The number of aromatic nitrogens is 3. The van der Waals surface area contributed by atoms with Gasteiger partial charge in [-0.3, -0.25) is 0 Å². The molecule has 112 heavy (non-hydrogen) atoms. The molecule has 24 nitrogen and oxygen atoms in total. The summed E-state index contributed by atoms with van der Waals surface area (Å²) in [7, 11) is -25.5. The number of benzene rings is 6. The zero-order valence-electron chi connectivity index (χ0n) is 62.7. The van der Waals surface area contributed by atoms with Gasteiger partial charge in [-0.25, -0.2) is 78.4 Å². The number of rotatable bonds is 26. The number of fused-ring (bicyclic) bond motifs is 1. The molecule has 33 heteroatoms. The van der Waals surface area contributed by atoms with E-state index >= 15 is 16.8 Å². The van der Waals surface area contributed by atoms with Gasteiger partial charge >= 0.3 is 6.29 Å². The van der Waals surface area contributed by atoms with Gasteiger partial charge in [0.05, 0.1) is 41.0 Å². The smallest absolute Gasteiger partial charge is 0.492 e. The average Bonchev–Trinajstić information content (AvgIpc) is 1.22. The van der Waals surface area contributed by atoms with Gasteiger partial charge < -0.3 is 14.2 Å². The minimum atomic E-state index is -4.48. The summed E-state index contributed by atoms with van der Waals surface area (Å²) < 4.78 is 227. The Bertz CT molecular complexity index is 5730. The quantitative estimate of drug-likeness (QED) is 0.0486. The van der Waals surface area contributed by atoms with Crippen molar-refractivity contribution in [3.8, 4) is 17.2 Å². The molecule has 0 bridgehead atoms. The first-order valence-electron chi connectivity index (χ1n) is 36.6. The number of alkyl halides is 2. The predicted octanol–water partition coefficient (Wildman–Crippen LogP) is 12.9. The van der Waals surface area contributed by atoms with Gasteiger partial charge in [0.15, 0.2) is 11.5 Å². The fourth-order valence-electron chi connectivity index (χ4n) is 15.9. The number of nitrogens with zero attached hydrogens (tertiary/aromatic N) is 9. The van der Waals surface area contributed by atoms with Gasteiger partial charge in [-0.1, -0.05) is 95.0 Å². The van der Waals surface area contributed by atoms with Crippen LogP contribution in [0.2, 0.25) is 5.02 Å². The maximum Gasteiger partial charge on any atom is 0.586 e. The second-order valence-electron chi connectivity index (χ2n) is 28.7. The summed E-state index contributed by atoms with van der Waals surface area (Å²) >= 11 is 6.84. The van der Waals surface area contributed by atoms with Crippen LogP contribution in [0.1, 0.15) is 101 Å². The summed E-state index contributed by atoms with van der Waals surface area (Å²) in [6.45, 7) is 12.2. The fraction of sp³-hybridized carbons (Fsp3) is 0.354. The van der Waals surface area contributed by atoms with Crippen LogP contribution in [-0.4, -0.2) is 149 Å². The molecule has 0 N–H and O–H groups in total. The monoisotopic (exact) mass is 1670 g/mol. The zero-order valence-corrected chi connectivity index (χ0v) is 68.3. The van der Waals surface area contributed by atoms with Crippen molar-refractivity contribution in [1.82, 2.24) is 27.9 Å². The Hall–Kier alpha value is -8.70. The molecule has 3 aromatic heterocycles. The number of anilines is 3. The molecule has 0 amide bonds. The Morgan fingerprint density at radius 3 is 1.21 bits per heavy atom. The van der Waals surface area contributed by atoms with E-state index in [1.807, 2.05) is 45.0 Å². The minimum Gasteiger partial charge on any atom is -0.492 e. The van der Waals surface area contributed by atoms with E-state index in [2.05, 4.69) is 24.4 Å². The SMILES string of the molecule is Cc1cc(C)c(S(=O)(=O)N(c2ccccn2)C2CCN(S(=O)(=O)c3ccc(CCCc4cc(C)cc(C)c4S(=O)(=O)N(c4ccccn4)C4CCN(S(=O)(=O)c5ccc(OCCc6cc(C)cc(C)c6S(=O)(=O)N(c6ccccn6)C6CCN(S(=O)(=O)c7ccc8c(c7)OC(F)(F)O8)CC6)c(Cl)c5)CC4)cc3)CC2)c(C)c1. The highest BCUT2D eigenvalue weighted by molar-refractivity contribution is 7.93. The lowest BCUT2D eigenvalue weighted by Crippen LogP contribution is -2.49. The molecule has 0 unspecified atom stereocenters. The van der Waals surface area contributed by atoms with Crippen LogP contribution in [0, 0.1) is 48.5 Å². The molecule has 3 saturated heterocycles. The van der Waals surface area contributed by atoms with E-state index in [-0.39, 0.29) is 154 Å². The maximum absolute atomic E-state index is 15.6. The normalized spacial score (nSPS) is 16.7. The van der Waals surface area contributed by atoms with E-state index in [0.29, 0.717) is 52.6 Å². The van der Waals surface area contributed by atoms with Crippen LogP contribution in [0.3, 0.4) is 0 Å². The van der Waals surface area contributed by atoms with Gasteiger partial charge in [-0.15, -0.1) is 8.78 Å². The first-order chi connectivity index (χ1) is 53.1. The number of sulfonamides is 6. The molecule has 13 rings (SSSR count). The van der Waals surface area contributed by atoms with E-state index in [0.717, 1.165) is 44.8 Å². The van der Waals surface area contributed by atoms with Crippen molar-refractivity contribution in [3.05, 3.63) is 231 Å². The van der Waals surface area contributed by atoms with Crippen LogP contribution in [0.5, 0.6) is 17.2 Å². The Morgan fingerprint density at radius 1 is 0.429 bits per heavy atom. The second-order valence-corrected chi connectivity index (χ2v) is 40.2. The predicted molar refractivity (Wildman–Crippen MR) is 421 cm³/mol. The molecule has 0 saturated carbocycles. The van der Waals surface area contributed by atoms with Gasteiger partial charge in [0, 0.05) is 88.5 Å². The van der Waals surface area contributed by atoms with Gasteiger partial charge in [-0.2, -0.15) is 12.9 Å². The van der Waals surface area contributed by atoms with Crippen molar-refractivity contribution >= 4 is 89.2 Å². The second kappa shape index (κ2) is 32.3. The van der Waals surface area contributed by atoms with E-state index in [9.17, 15) is 42.5 Å². The van der Waals surface area contributed by atoms with Crippen LogP contribution in [0.4, 0.5) is 26.2 Å². The van der Waals surface area contributed by atoms with Gasteiger partial charge in [-0.05, 0) is 224 Å². The standard InChI is InChI=1S/C79H86ClF2N9O15S6/c1-53-45-56(4)76(57(5)46-53)110(98,99)89(73-17-8-11-35-83-73)63-28-38-86(39-29-63)107(92,93)66-22-20-60(21-23-66)15-14-16-61-49-54(2)47-58(6)77(61)111(100,101)90(74-18-9-12-36-84-74)64-30-40-87(41-31-64)108(94,95)67-24-26-70(69(80)51-67)104-44-34-62-50-55(3)48-59(7)78(62)112(102,103)91(75-19-10-13-37-85-75)65-32-42-88(43-33-65)109(96,97)68-25-27-71-72(52-68)106-79(81,82)105-71/h8-13,17-27,35-37,45-52,63-65H,14-16,28-34,38-44H2,1-7H3. The summed E-state index contributed by atoms with van der Waals surface area (Å²) in [6.07, 6.45) is 2.56. The highest BCUT2D eigenvalue weighted by Crippen LogP contribution is 2.44. The van der Waals surface area contributed by atoms with Crippen molar-refractivity contribution in [2.45, 2.75) is 166 Å². The average molecular weight is 1670 g/mol. The lowest BCUT2D eigenvalue weighted by Gasteiger charge is -2.38. The van der Waals surface area contributed by atoms with Crippen LogP contribution in [0.15, 0.2) is 200 Å². The summed E-state index contributed by atoms with van der Waals surface area (Å²) in [5, 5.41) is -0.0449. The van der Waals surface area contributed by atoms with Crippen LogP contribution >= 0.6 is 11.6 Å². The van der Waals surface area contributed by atoms with E-state index in [1.165, 1.54) is 58.3 Å². The van der Waals surface area contributed by atoms with E-state index in [1.54, 1.807) is 119 Å². The highest BCUT2D eigenvalue weighted by Gasteiger charge is 2.46. The van der Waals surface area contributed by atoms with Crippen molar-refractivity contribution in [1.29, 1.82) is 0 Å². The first-order valence-corrected chi connectivity index (χ1v) is 45.6. The third kappa shape index (κ3) is 16.7. The minimum absolute atomic E-state index is 0.0150. The molecular weight excluding hydrogens is 1580 g/mol. The Kier molecular flexibility index (Phi) is 23.4. The molecule has 0 atom stereocenters. The largest absolute Gasteiger partial charge is 0.586 e. The van der Waals surface area contributed by atoms with Gasteiger partial charge in [0.25, 0.3) is 30.1 Å². The highest BCUT2D eigenvalue weighted by atomic mass is 35.5. The number of hydrogen-bond donors (Lipinski definition) is 0. The molecule has 594 valence electrons. The first kappa shape index (κ1) is 81.3. The molecule has 4 aliphatic heterocycles. The Labute approximate surface area is 659 Å². The van der Waals surface area contributed by atoms with Crippen molar-refractivity contribution in [3.63, 3.8) is 0 Å². The number of pyridine rings is 3. The summed E-state index contributed by atoms with van der Waals surface area (Å²) in [5.74, 6) is -0.126. The lowest BCUT2D eigenvalue weighted by atomic mass is 10.0. The maximum atomic E-state index is 15.6. The molecule has 4 aliphatic rings. The topological polar surface area (TPSA) is 291 Å². The van der Waals surface area contributed by atoms with E-state index in [4.69, 9.17) is 16.3 Å². The summed E-state index contributed by atoms with van der Waals surface area (Å²) in [6, 6.07) is 37.4. The van der Waals surface area contributed by atoms with Crippen molar-refractivity contribution in [2.24, 2.45) is 0 Å². The van der Waals surface area contributed by atoms with Crippen molar-refractivity contribution in [2.75, 3.05) is 58.8 Å². The molecule has 0 radical (unpaired) electrons. The third-order valence-corrected chi connectivity index (χ3v) is 33.1. The molecule has 0 aliphatic carbocycles. The van der Waals surface area contributed by atoms with Crippen LogP contribution in [-0.2, 0) is 79.4 Å². The zero-order chi connectivity index (χ0) is 80.0. The van der Waals surface area contributed by atoms with Gasteiger partial charge in [0.2, 0.25) is 30.1 Å². The molecule has 3 fully saturated rings. The van der Waals surface area contributed by atoms with Gasteiger partial charge in [0.1, 0.15) is 23.2 Å². The van der Waals surface area contributed by atoms with E-state index < -0.39 is 90.3 Å². The molecule has 0 spiro atoms. The number of ether oxygens (including phenoxy) is 3. The number of aryl methyl sites for hydroxylation is 9. The summed E-state index contributed by atoms with van der Waals surface area (Å²) in [5.41, 5.74) is 6.48. The Balaban J connectivity index is 0.643. The third-order valence-electron chi connectivity index (χ3n) is 20.7. The molecular formula is C79H86ClF2N9O15S6. The number of hydrogen-bond acceptors (Lipinski definition) is 18. The lowest BCUT2D eigenvalue weighted by molar-refractivity contribution is -0.286. The fourth-order valence-corrected chi connectivity index (χ4v) is 26.9. The van der Waals surface area contributed by atoms with Crippen molar-refractivity contribution < 1.29 is 73.5 Å². The Morgan fingerprint density at radius 2 is 0.795 bits per heavy atom. The molecule has 7 heterocycles.